The molecule has 1 amide bonds. The maximum atomic E-state index is 12.7. The summed E-state index contributed by atoms with van der Waals surface area (Å²) >= 11 is 3.38. The molecule has 0 aliphatic rings. The number of likely N-dealkylation sites (N-methyl/N-ethyl adjacent to an activating group) is 1. The van der Waals surface area contributed by atoms with Crippen LogP contribution in [0.5, 0.6) is 5.75 Å². The molecule has 0 saturated heterocycles. The van der Waals surface area contributed by atoms with Gasteiger partial charge in [-0.25, -0.2) is 4.68 Å². The lowest BCUT2D eigenvalue weighted by atomic mass is 10.1. The number of benzene rings is 2. The van der Waals surface area contributed by atoms with Gasteiger partial charge in [-0.2, -0.15) is 5.10 Å². The third-order valence-electron chi connectivity index (χ3n) is 4.52. The van der Waals surface area contributed by atoms with Crippen molar-refractivity contribution in [3.63, 3.8) is 0 Å². The number of aryl methyl sites for hydroxylation is 1. The Morgan fingerprint density at radius 3 is 2.50 bits per heavy atom. The van der Waals surface area contributed by atoms with Crippen LogP contribution in [0.2, 0.25) is 0 Å². The molecule has 7 heteroatoms. The fraction of sp³-hybridized carbons (Fsp3) is 0.286. The van der Waals surface area contributed by atoms with Crippen molar-refractivity contribution in [1.29, 1.82) is 0 Å². The van der Waals surface area contributed by atoms with Gasteiger partial charge < -0.3 is 9.64 Å². The molecule has 3 aromatic rings. The number of ether oxygens (including phenoxy) is 1. The van der Waals surface area contributed by atoms with Gasteiger partial charge in [0.2, 0.25) is 5.91 Å². The lowest BCUT2D eigenvalue weighted by Gasteiger charge is -2.21. The Kier molecular flexibility index (Phi) is 6.46. The molecular weight excluding hydrogens is 422 g/mol. The van der Waals surface area contributed by atoms with E-state index in [9.17, 15) is 9.59 Å². The van der Waals surface area contributed by atoms with E-state index in [1.54, 1.807) is 11.0 Å². The van der Waals surface area contributed by atoms with Gasteiger partial charge in [0.25, 0.3) is 5.56 Å². The van der Waals surface area contributed by atoms with Gasteiger partial charge in [-0.3, -0.25) is 9.59 Å². The molecule has 0 spiro atoms. The van der Waals surface area contributed by atoms with Crippen LogP contribution >= 0.6 is 15.9 Å². The molecule has 0 saturated carbocycles. The zero-order valence-electron chi connectivity index (χ0n) is 15.9. The minimum atomic E-state index is -0.253. The number of carbonyl (C=O) groups is 1. The molecule has 1 heterocycles. The van der Waals surface area contributed by atoms with E-state index >= 15 is 0 Å². The van der Waals surface area contributed by atoms with E-state index < -0.39 is 0 Å². The van der Waals surface area contributed by atoms with Gasteiger partial charge in [0.05, 0.1) is 17.6 Å². The van der Waals surface area contributed by atoms with Crippen molar-refractivity contribution in [2.24, 2.45) is 0 Å². The number of hydrogen-bond donors (Lipinski definition) is 0. The molecule has 28 heavy (non-hydrogen) atoms. The quantitative estimate of drug-likeness (QED) is 0.561. The first-order valence-electron chi connectivity index (χ1n) is 9.12. The van der Waals surface area contributed by atoms with Crippen LogP contribution in [0.15, 0.2) is 57.8 Å². The number of rotatable bonds is 7. The Labute approximate surface area is 171 Å². The van der Waals surface area contributed by atoms with E-state index in [4.69, 9.17) is 4.74 Å². The van der Waals surface area contributed by atoms with Crippen LogP contribution in [-0.2, 0) is 11.3 Å². The van der Waals surface area contributed by atoms with Crippen molar-refractivity contribution in [2.75, 3.05) is 19.7 Å². The highest BCUT2D eigenvalue weighted by Gasteiger charge is 2.15. The number of halogens is 1. The van der Waals surface area contributed by atoms with E-state index in [2.05, 4.69) is 21.0 Å². The zero-order chi connectivity index (χ0) is 20.1. The van der Waals surface area contributed by atoms with Gasteiger partial charge in [-0.15, -0.1) is 0 Å². The SMILES string of the molecule is CCN(CCOc1ccc(Br)cc1)C(=O)Cn1nc(C)c2ccccc2c1=O. The van der Waals surface area contributed by atoms with Gasteiger partial charge in [-0.05, 0) is 44.2 Å². The molecule has 0 aliphatic heterocycles. The number of fused-ring (bicyclic) bond motifs is 1. The summed E-state index contributed by atoms with van der Waals surface area (Å²) in [6, 6.07) is 14.8. The van der Waals surface area contributed by atoms with Gasteiger partial charge in [0.15, 0.2) is 0 Å². The predicted molar refractivity (Wildman–Crippen MR) is 113 cm³/mol. The van der Waals surface area contributed by atoms with Crippen molar-refractivity contribution in [2.45, 2.75) is 20.4 Å². The Balaban J connectivity index is 1.67. The first-order chi connectivity index (χ1) is 13.5. The minimum Gasteiger partial charge on any atom is -0.492 e. The average Bonchev–Trinajstić information content (AvgIpc) is 2.70. The predicted octanol–water partition coefficient (Wildman–Crippen LogP) is 3.39. The molecule has 0 atom stereocenters. The van der Waals surface area contributed by atoms with Crippen molar-refractivity contribution < 1.29 is 9.53 Å². The molecule has 0 fully saturated rings. The lowest BCUT2D eigenvalue weighted by Crippen LogP contribution is -2.39. The van der Waals surface area contributed by atoms with Crippen molar-refractivity contribution >= 4 is 32.6 Å². The number of amides is 1. The minimum absolute atomic E-state index is 0.0867. The molecule has 1 aromatic heterocycles. The van der Waals surface area contributed by atoms with E-state index in [0.29, 0.717) is 25.1 Å². The highest BCUT2D eigenvalue weighted by atomic mass is 79.9. The summed E-state index contributed by atoms with van der Waals surface area (Å²) in [5, 5.41) is 5.70. The second-order valence-corrected chi connectivity index (χ2v) is 7.29. The van der Waals surface area contributed by atoms with Crippen LogP contribution < -0.4 is 10.3 Å². The van der Waals surface area contributed by atoms with Crippen LogP contribution in [0.1, 0.15) is 12.6 Å². The monoisotopic (exact) mass is 443 g/mol. The summed E-state index contributed by atoms with van der Waals surface area (Å²) in [5.41, 5.74) is 0.473. The van der Waals surface area contributed by atoms with Crippen LogP contribution in [-0.4, -0.2) is 40.3 Å². The highest BCUT2D eigenvalue weighted by molar-refractivity contribution is 9.10. The molecule has 0 aliphatic carbocycles. The molecule has 3 rings (SSSR count). The molecule has 6 nitrogen and oxygen atoms in total. The standard InChI is InChI=1S/C21H22BrN3O3/c1-3-24(12-13-28-17-10-8-16(22)9-11-17)20(26)14-25-21(27)19-7-5-4-6-18(19)15(2)23-25/h4-11H,3,12-14H2,1-2H3. The number of nitrogens with zero attached hydrogens (tertiary/aromatic N) is 3. The van der Waals surface area contributed by atoms with E-state index in [1.807, 2.05) is 56.3 Å². The molecule has 146 valence electrons. The number of carbonyl (C=O) groups excluding carboxylic acids is 1. The third-order valence-corrected chi connectivity index (χ3v) is 5.04. The first-order valence-corrected chi connectivity index (χ1v) is 9.91. The topological polar surface area (TPSA) is 64.4 Å². The summed E-state index contributed by atoms with van der Waals surface area (Å²) in [6.07, 6.45) is 0. The number of hydrogen-bond acceptors (Lipinski definition) is 4. The highest BCUT2D eigenvalue weighted by Crippen LogP contribution is 2.16. The summed E-state index contributed by atoms with van der Waals surface area (Å²) in [5.74, 6) is 0.584. The normalized spacial score (nSPS) is 10.8. The Bertz CT molecular complexity index is 1030. The van der Waals surface area contributed by atoms with Crippen LogP contribution in [0, 0.1) is 6.92 Å². The first kappa shape index (κ1) is 20.1. The fourth-order valence-corrected chi connectivity index (χ4v) is 3.27. The Morgan fingerprint density at radius 1 is 1.14 bits per heavy atom. The second-order valence-electron chi connectivity index (χ2n) is 6.37. The second kappa shape index (κ2) is 9.01. The Morgan fingerprint density at radius 2 is 1.82 bits per heavy atom. The fourth-order valence-electron chi connectivity index (χ4n) is 3.00. The van der Waals surface area contributed by atoms with Crippen molar-refractivity contribution in [3.8, 4) is 5.75 Å². The smallest absolute Gasteiger partial charge is 0.275 e. The van der Waals surface area contributed by atoms with Gasteiger partial charge in [0.1, 0.15) is 18.9 Å². The molecular formula is C21H22BrN3O3. The summed E-state index contributed by atoms with van der Waals surface area (Å²) in [4.78, 5) is 27.0. The average molecular weight is 444 g/mol. The Hall–Kier alpha value is -2.67. The van der Waals surface area contributed by atoms with Crippen LogP contribution in [0.25, 0.3) is 10.8 Å². The maximum absolute atomic E-state index is 12.7. The van der Waals surface area contributed by atoms with E-state index in [-0.39, 0.29) is 18.0 Å². The molecule has 0 unspecified atom stereocenters. The van der Waals surface area contributed by atoms with Gasteiger partial charge in [0, 0.05) is 16.4 Å². The van der Waals surface area contributed by atoms with Crippen LogP contribution in [0.4, 0.5) is 0 Å². The van der Waals surface area contributed by atoms with Crippen LogP contribution in [0.3, 0.4) is 0 Å². The summed E-state index contributed by atoms with van der Waals surface area (Å²) < 4.78 is 7.92. The van der Waals surface area contributed by atoms with E-state index in [1.165, 1.54) is 4.68 Å². The largest absolute Gasteiger partial charge is 0.492 e. The molecule has 0 N–H and O–H groups in total. The van der Waals surface area contributed by atoms with E-state index in [0.717, 1.165) is 21.3 Å². The zero-order valence-corrected chi connectivity index (χ0v) is 17.5. The molecule has 2 aromatic carbocycles. The van der Waals surface area contributed by atoms with Crippen molar-refractivity contribution in [3.05, 3.63) is 69.1 Å². The van der Waals surface area contributed by atoms with Gasteiger partial charge >= 0.3 is 0 Å². The molecule has 0 bridgehead atoms. The van der Waals surface area contributed by atoms with Gasteiger partial charge in [-0.1, -0.05) is 34.1 Å². The number of aromatic nitrogens is 2. The maximum Gasteiger partial charge on any atom is 0.275 e. The molecule has 0 radical (unpaired) electrons. The summed E-state index contributed by atoms with van der Waals surface area (Å²) in [6.45, 7) is 5.00. The van der Waals surface area contributed by atoms with Crippen molar-refractivity contribution in [1.82, 2.24) is 14.7 Å². The summed E-state index contributed by atoms with van der Waals surface area (Å²) in [7, 11) is 0. The third kappa shape index (κ3) is 4.59. The lowest BCUT2D eigenvalue weighted by molar-refractivity contribution is -0.132.